The molecule has 34 heavy (non-hydrogen) atoms. The molecule has 0 aromatic heterocycles. The van der Waals surface area contributed by atoms with Crippen molar-refractivity contribution < 1.29 is 40.7 Å². The van der Waals surface area contributed by atoms with Crippen LogP contribution in [0.15, 0.2) is 30.3 Å². The second kappa shape index (κ2) is 19.5. The predicted molar refractivity (Wildman–Crippen MR) is 132 cm³/mol. The van der Waals surface area contributed by atoms with Gasteiger partial charge in [0, 0.05) is 6.42 Å². The predicted octanol–water partition coefficient (Wildman–Crippen LogP) is 2.54. The molecule has 0 heterocycles. The van der Waals surface area contributed by atoms with E-state index in [9.17, 15) is 9.59 Å². The van der Waals surface area contributed by atoms with E-state index in [0.29, 0.717) is 17.4 Å². The minimum absolute atomic E-state index is 0. The zero-order chi connectivity index (χ0) is 24.4. The topological polar surface area (TPSA) is 61.8 Å². The van der Waals surface area contributed by atoms with Gasteiger partial charge in [-0.2, -0.15) is 0 Å². The Hall–Kier alpha value is -1.79. The normalized spacial score (nSPS) is 11.9. The third-order valence-electron chi connectivity index (χ3n) is 5.29. The summed E-state index contributed by atoms with van der Waals surface area (Å²) in [5, 5.41) is 0. The molecule has 0 aliphatic rings. The van der Waals surface area contributed by atoms with E-state index in [1.54, 1.807) is 0 Å². The van der Waals surface area contributed by atoms with Crippen LogP contribution < -0.4 is 17.1 Å². The smallest absolute Gasteiger partial charge is 0.309 e. The summed E-state index contributed by atoms with van der Waals surface area (Å²) in [6.07, 6.45) is 10.8. The number of likely N-dealkylation sites (N-methyl/N-ethyl adjacent to an activating group) is 1. The number of hydrogen-bond donors (Lipinski definition) is 0. The Morgan fingerprint density at radius 3 is 2.00 bits per heavy atom. The minimum Gasteiger partial charge on any atom is -1.00 e. The summed E-state index contributed by atoms with van der Waals surface area (Å²) < 4.78 is 17.1. The zero-order valence-corrected chi connectivity index (χ0v) is 22.5. The number of nitrogens with zero attached hydrogens (tertiary/aromatic N) is 1. The molecule has 6 nitrogen and oxygen atoms in total. The molecule has 1 atom stereocenters. The zero-order valence-electron chi connectivity index (χ0n) is 21.7. The molecular formula is C27H46ClNO5. The van der Waals surface area contributed by atoms with Gasteiger partial charge in [-0.1, -0.05) is 76.5 Å². The molecule has 0 aliphatic heterocycles. The molecule has 0 N–H and O–H groups in total. The van der Waals surface area contributed by atoms with Crippen molar-refractivity contribution in [2.24, 2.45) is 0 Å². The maximum Gasteiger partial charge on any atom is 0.309 e. The Labute approximate surface area is 213 Å². The van der Waals surface area contributed by atoms with Crippen molar-refractivity contribution in [2.45, 2.75) is 83.7 Å². The Kier molecular flexibility index (Phi) is 18.5. The van der Waals surface area contributed by atoms with E-state index in [0.717, 1.165) is 18.6 Å². The number of unbranched alkanes of at least 4 members (excludes halogenated alkanes) is 8. The quantitative estimate of drug-likeness (QED) is 0.166. The average Bonchev–Trinajstić information content (AvgIpc) is 2.75. The lowest BCUT2D eigenvalue weighted by Crippen LogP contribution is -3.00. The highest BCUT2D eigenvalue weighted by Crippen LogP contribution is 2.13. The fourth-order valence-corrected chi connectivity index (χ4v) is 3.66. The number of benzene rings is 1. The number of ether oxygens (including phenoxy) is 3. The highest BCUT2D eigenvalue weighted by molar-refractivity contribution is 5.72. The molecule has 0 radical (unpaired) electrons. The summed E-state index contributed by atoms with van der Waals surface area (Å²) in [4.78, 5) is 24.6. The maximum atomic E-state index is 12.3. The number of hydrogen-bond acceptors (Lipinski definition) is 5. The number of para-hydroxylation sites is 1. The number of esters is 2. The van der Waals surface area contributed by atoms with E-state index in [1.165, 1.54) is 44.9 Å². The Balaban J connectivity index is 0.0000109. The minimum atomic E-state index is -0.487. The van der Waals surface area contributed by atoms with E-state index in [1.807, 2.05) is 51.5 Å². The first-order valence-corrected chi connectivity index (χ1v) is 12.6. The fourth-order valence-electron chi connectivity index (χ4n) is 3.66. The van der Waals surface area contributed by atoms with Gasteiger partial charge in [-0.3, -0.25) is 9.59 Å². The maximum absolute atomic E-state index is 12.3. The first-order chi connectivity index (χ1) is 15.8. The largest absolute Gasteiger partial charge is 1.00 e. The first-order valence-electron chi connectivity index (χ1n) is 12.6. The molecule has 196 valence electrons. The van der Waals surface area contributed by atoms with Crippen molar-refractivity contribution in [3.8, 4) is 5.75 Å². The Bertz CT molecular complexity index is 648. The summed E-state index contributed by atoms with van der Waals surface area (Å²) in [6.45, 7) is 3.24. The van der Waals surface area contributed by atoms with E-state index in [2.05, 4.69) is 6.92 Å². The highest BCUT2D eigenvalue weighted by Gasteiger charge is 2.25. The van der Waals surface area contributed by atoms with E-state index in [4.69, 9.17) is 14.2 Å². The van der Waals surface area contributed by atoms with Crippen LogP contribution in [0.1, 0.15) is 77.6 Å². The van der Waals surface area contributed by atoms with Gasteiger partial charge in [0.15, 0.2) is 6.10 Å². The number of halogens is 1. The van der Waals surface area contributed by atoms with Gasteiger partial charge in [0.25, 0.3) is 0 Å². The number of rotatable bonds is 19. The summed E-state index contributed by atoms with van der Waals surface area (Å²) in [5.41, 5.74) is 0. The summed E-state index contributed by atoms with van der Waals surface area (Å²) in [7, 11) is 6.04. The van der Waals surface area contributed by atoms with Gasteiger partial charge >= 0.3 is 11.9 Å². The van der Waals surface area contributed by atoms with E-state index < -0.39 is 6.10 Å². The molecule has 0 fully saturated rings. The third-order valence-corrected chi connectivity index (χ3v) is 5.29. The summed E-state index contributed by atoms with van der Waals surface area (Å²) in [5.74, 6) is 0.138. The molecule has 1 aromatic carbocycles. The molecule has 0 saturated heterocycles. The van der Waals surface area contributed by atoms with Crippen LogP contribution in [0.5, 0.6) is 5.75 Å². The number of quaternary nitrogens is 1. The van der Waals surface area contributed by atoms with Gasteiger partial charge in [-0.25, -0.2) is 0 Å². The van der Waals surface area contributed by atoms with Gasteiger partial charge in [-0.15, -0.1) is 0 Å². The average molecular weight is 500 g/mol. The van der Waals surface area contributed by atoms with Crippen LogP contribution in [0.3, 0.4) is 0 Å². The summed E-state index contributed by atoms with van der Waals surface area (Å²) in [6, 6.07) is 9.40. The highest BCUT2D eigenvalue weighted by atomic mass is 35.5. The van der Waals surface area contributed by atoms with Crippen molar-refractivity contribution in [3.05, 3.63) is 30.3 Å². The monoisotopic (exact) mass is 499 g/mol. The van der Waals surface area contributed by atoms with Gasteiger partial charge in [0.05, 0.1) is 27.6 Å². The second-order valence-corrected chi connectivity index (χ2v) is 9.75. The molecule has 0 spiro atoms. The molecular weight excluding hydrogens is 454 g/mol. The van der Waals surface area contributed by atoms with Gasteiger partial charge < -0.3 is 31.1 Å². The van der Waals surface area contributed by atoms with Crippen molar-refractivity contribution in [3.63, 3.8) is 0 Å². The van der Waals surface area contributed by atoms with Crippen LogP contribution in [0.4, 0.5) is 0 Å². The molecule has 0 bridgehead atoms. The number of carbonyl (C=O) groups excluding carboxylic acids is 2. The van der Waals surface area contributed by atoms with Crippen LogP contribution in [-0.2, 0) is 19.1 Å². The lowest BCUT2D eigenvalue weighted by atomic mass is 10.1. The van der Waals surface area contributed by atoms with Crippen LogP contribution in [0, 0.1) is 0 Å². The van der Waals surface area contributed by atoms with E-state index in [-0.39, 0.29) is 44.0 Å². The molecule has 0 saturated carbocycles. The van der Waals surface area contributed by atoms with Crippen molar-refractivity contribution in [1.29, 1.82) is 0 Å². The summed E-state index contributed by atoms with van der Waals surface area (Å²) >= 11 is 0. The molecule has 0 aliphatic carbocycles. The van der Waals surface area contributed by atoms with Crippen molar-refractivity contribution in [2.75, 3.05) is 40.9 Å². The first kappa shape index (κ1) is 32.2. The molecule has 7 heteroatoms. The standard InChI is InChI=1S/C27H46NO5.ClH/c1-5-6-7-8-9-10-11-12-16-19-26(29)33-25(23-28(2,3)4)22-27(30)32-21-20-31-24-17-14-13-15-18-24;/h13-15,17-18,25H,5-12,16,19-23H2,1-4H3;1H/q+1;/p-1/t25-;/m1./s1. The molecule has 0 amide bonds. The van der Waals surface area contributed by atoms with Gasteiger partial charge in [-0.05, 0) is 18.6 Å². The van der Waals surface area contributed by atoms with Crippen molar-refractivity contribution >= 4 is 11.9 Å². The third kappa shape index (κ3) is 18.6. The lowest BCUT2D eigenvalue weighted by Gasteiger charge is -2.28. The Morgan fingerprint density at radius 2 is 1.41 bits per heavy atom. The molecule has 1 aromatic rings. The molecule has 0 unspecified atom stereocenters. The van der Waals surface area contributed by atoms with Crippen molar-refractivity contribution in [1.82, 2.24) is 0 Å². The van der Waals surface area contributed by atoms with Crippen LogP contribution >= 0.6 is 0 Å². The van der Waals surface area contributed by atoms with Crippen LogP contribution in [0.25, 0.3) is 0 Å². The lowest BCUT2D eigenvalue weighted by molar-refractivity contribution is -0.873. The SMILES string of the molecule is CCCCCCCCCCCC(=O)O[C@H](CC(=O)OCCOc1ccccc1)C[N+](C)(C)C.[Cl-]. The van der Waals surface area contributed by atoms with Gasteiger partial charge in [0.1, 0.15) is 25.5 Å². The Morgan fingerprint density at radius 1 is 0.824 bits per heavy atom. The van der Waals surface area contributed by atoms with Gasteiger partial charge in [0.2, 0.25) is 0 Å². The fraction of sp³-hybridized carbons (Fsp3) is 0.704. The van der Waals surface area contributed by atoms with Crippen LogP contribution in [0.2, 0.25) is 0 Å². The number of carbonyl (C=O) groups is 2. The molecule has 1 rings (SSSR count). The second-order valence-electron chi connectivity index (χ2n) is 9.75. The van der Waals surface area contributed by atoms with E-state index >= 15 is 0 Å². The van der Waals surface area contributed by atoms with Crippen LogP contribution in [-0.4, -0.2) is 63.4 Å².